The van der Waals surface area contributed by atoms with E-state index in [1.807, 2.05) is 0 Å². The van der Waals surface area contributed by atoms with Gasteiger partial charge in [0.05, 0.1) is 0 Å². The number of halogens is 2. The van der Waals surface area contributed by atoms with Crippen LogP contribution in [0.3, 0.4) is 0 Å². The Morgan fingerprint density at radius 1 is 0.625 bits per heavy atom. The molecule has 0 radical (unpaired) electrons. The number of fused-ring (bicyclic) bond motifs is 2. The molecule has 0 aliphatic heterocycles. The standard InChI is InChI=1S/2C13H15.2CH3.2ClH.H2Si.Ti/c2*1-13(2,3)12-8-10-6-4-5-7-11(10)9-12;;;;;;/h2*4-9H,1-3H3;2*1H3;2*1H;1H2;/q;;;;;;;+2/p-2. The minimum absolute atomic E-state index is 0. The van der Waals surface area contributed by atoms with Crippen LogP contribution < -0.4 is 24.8 Å². The van der Waals surface area contributed by atoms with Crippen LogP contribution in [0.4, 0.5) is 0 Å². The molecule has 0 amide bonds. The summed E-state index contributed by atoms with van der Waals surface area (Å²) in [6.07, 6.45) is 5.07. The largest absolute Gasteiger partial charge is 1.00 e. The molecule has 2 unspecified atom stereocenters. The van der Waals surface area contributed by atoms with Crippen LogP contribution in [0.25, 0.3) is 12.2 Å². The van der Waals surface area contributed by atoms with Crippen LogP contribution in [0, 0.1) is 10.8 Å². The molecule has 0 nitrogen and oxygen atoms in total. The van der Waals surface area contributed by atoms with Gasteiger partial charge in [0, 0.05) is 0 Å². The van der Waals surface area contributed by atoms with E-state index in [4.69, 9.17) is 0 Å². The molecule has 0 saturated carbocycles. The van der Waals surface area contributed by atoms with E-state index >= 15 is 0 Å². The second-order valence-electron chi connectivity index (χ2n) is 12.8. The first-order chi connectivity index (χ1) is 13.7. The molecule has 2 atom stereocenters. The molecule has 32 heavy (non-hydrogen) atoms. The smallest absolute Gasteiger partial charge is 1.00 e. The Morgan fingerprint density at radius 2 is 0.938 bits per heavy atom. The fourth-order valence-corrected chi connectivity index (χ4v) is 19.1. The molecule has 0 N–H and O–H groups in total. The van der Waals surface area contributed by atoms with Crippen LogP contribution in [0.2, 0.25) is 10.5 Å². The maximum Gasteiger partial charge on any atom is -1.00 e. The molecule has 0 bridgehead atoms. The molecule has 0 saturated heterocycles. The van der Waals surface area contributed by atoms with Crippen LogP contribution in [-0.4, -0.2) is 7.63 Å². The zero-order chi connectivity index (χ0) is 22.1. The molecule has 0 heterocycles. The van der Waals surface area contributed by atoms with Crippen molar-refractivity contribution in [3.63, 3.8) is 0 Å². The van der Waals surface area contributed by atoms with Crippen LogP contribution in [0.5, 0.6) is 0 Å². The summed E-state index contributed by atoms with van der Waals surface area (Å²) in [6, 6.07) is 18.4. The van der Waals surface area contributed by atoms with Gasteiger partial charge in [-0.2, -0.15) is 0 Å². The van der Waals surface area contributed by atoms with Gasteiger partial charge in [0.1, 0.15) is 0 Å². The summed E-state index contributed by atoms with van der Waals surface area (Å²) in [4.78, 5) is 0. The summed E-state index contributed by atoms with van der Waals surface area (Å²) < 4.78 is 1.14. The van der Waals surface area contributed by atoms with Crippen LogP contribution in [-0.2, 0) is 14.0 Å². The van der Waals surface area contributed by atoms with Gasteiger partial charge in [-0.15, -0.1) is 0 Å². The first-order valence-electron chi connectivity index (χ1n) is 11.4. The van der Waals surface area contributed by atoms with Crippen molar-refractivity contribution in [2.24, 2.45) is 10.8 Å². The first-order valence-corrected chi connectivity index (χ1v) is 20.3. The molecular weight excluding hydrogens is 483 g/mol. The molecular formula is C28H38Cl2SiTi. The maximum atomic E-state index is 2.73. The van der Waals surface area contributed by atoms with Crippen LogP contribution in [0.1, 0.15) is 72.2 Å². The molecule has 2 aliphatic carbocycles. The zero-order valence-electron chi connectivity index (χ0n) is 20.9. The van der Waals surface area contributed by atoms with Gasteiger partial charge in [0.15, 0.2) is 0 Å². The molecule has 2 aliphatic rings. The third kappa shape index (κ3) is 4.41. The van der Waals surface area contributed by atoms with Gasteiger partial charge in [0.25, 0.3) is 0 Å². The molecule has 0 aromatic heterocycles. The van der Waals surface area contributed by atoms with Crippen molar-refractivity contribution >= 4 is 19.8 Å². The Balaban J connectivity index is 0.00000181. The predicted octanol–water partition coefficient (Wildman–Crippen LogP) is 1.70. The quantitative estimate of drug-likeness (QED) is 0.528. The van der Waals surface area contributed by atoms with Crippen LogP contribution in [0.15, 0.2) is 59.7 Å². The fourth-order valence-electron chi connectivity index (χ4n) is 6.16. The van der Waals surface area contributed by atoms with Gasteiger partial charge in [-0.1, -0.05) is 0 Å². The minimum Gasteiger partial charge on any atom is -1.00 e. The van der Waals surface area contributed by atoms with E-state index in [0.29, 0.717) is 8.45 Å². The Bertz CT molecular complexity index is 1070. The molecule has 2 aromatic rings. The Labute approximate surface area is 210 Å². The van der Waals surface area contributed by atoms with Crippen molar-refractivity contribution < 1.29 is 38.9 Å². The van der Waals surface area contributed by atoms with E-state index in [0.717, 1.165) is 0 Å². The average molecular weight is 521 g/mol. The summed E-state index contributed by atoms with van der Waals surface area (Å²) in [5.74, 6) is 0. The van der Waals surface area contributed by atoms with Gasteiger partial charge in [-0.05, 0) is 0 Å². The number of rotatable bonds is 2. The van der Waals surface area contributed by atoms with E-state index in [1.54, 1.807) is 22.3 Å². The van der Waals surface area contributed by atoms with Crippen molar-refractivity contribution in [1.82, 2.24) is 0 Å². The second kappa shape index (κ2) is 8.58. The monoisotopic (exact) mass is 520 g/mol. The second-order valence-corrected chi connectivity index (χ2v) is 32.9. The van der Waals surface area contributed by atoms with Gasteiger partial charge in [0.2, 0.25) is 0 Å². The van der Waals surface area contributed by atoms with Crippen LogP contribution >= 0.6 is 0 Å². The topological polar surface area (TPSA) is 0 Å². The number of benzene rings is 2. The van der Waals surface area contributed by atoms with Crippen molar-refractivity contribution in [2.75, 3.05) is 0 Å². The molecule has 2 aromatic carbocycles. The Kier molecular flexibility index (Phi) is 7.42. The number of allylic oxidation sites excluding steroid dienone is 2. The van der Waals surface area contributed by atoms with Gasteiger partial charge >= 0.3 is 187 Å². The fraction of sp³-hybridized carbons (Fsp3) is 0.429. The van der Waals surface area contributed by atoms with E-state index in [2.05, 4.69) is 120 Å². The molecule has 4 rings (SSSR count). The Morgan fingerprint density at radius 3 is 1.25 bits per heavy atom. The molecule has 0 spiro atoms. The summed E-state index contributed by atoms with van der Waals surface area (Å²) in [6.45, 7) is 14.5. The first kappa shape index (κ1) is 27.7. The van der Waals surface area contributed by atoms with Gasteiger partial charge in [-0.25, -0.2) is 0 Å². The number of hydrogen-bond donors (Lipinski definition) is 0. The molecule has 4 heteroatoms. The van der Waals surface area contributed by atoms with E-state index in [1.165, 1.54) is 11.1 Å². The molecule has 172 valence electrons. The van der Waals surface area contributed by atoms with Crippen molar-refractivity contribution in [3.05, 3.63) is 81.9 Å². The van der Waals surface area contributed by atoms with Gasteiger partial charge in [-0.3, -0.25) is 0 Å². The zero-order valence-corrected chi connectivity index (χ0v) is 25.4. The van der Waals surface area contributed by atoms with Gasteiger partial charge < -0.3 is 24.8 Å². The molecule has 0 fully saturated rings. The van der Waals surface area contributed by atoms with Crippen molar-refractivity contribution in [2.45, 2.75) is 60.4 Å². The van der Waals surface area contributed by atoms with Crippen molar-refractivity contribution in [3.8, 4) is 0 Å². The third-order valence-electron chi connectivity index (χ3n) is 7.49. The summed E-state index contributed by atoms with van der Waals surface area (Å²) >= 11 is -3.20. The van der Waals surface area contributed by atoms with E-state index < -0.39 is 14.0 Å². The van der Waals surface area contributed by atoms with Crippen molar-refractivity contribution in [1.29, 1.82) is 0 Å². The number of hydrogen-bond acceptors (Lipinski definition) is 0. The third-order valence-corrected chi connectivity index (χ3v) is 18.7. The maximum absolute atomic E-state index is 3.20. The minimum atomic E-state index is -3.20. The predicted molar refractivity (Wildman–Crippen MR) is 134 cm³/mol. The Hall–Kier alpha value is -0.569. The summed E-state index contributed by atoms with van der Waals surface area (Å²) in [7, 11) is 2.43. The summed E-state index contributed by atoms with van der Waals surface area (Å²) in [5.41, 5.74) is 9.71. The average Bonchev–Trinajstić information content (AvgIpc) is 3.21. The summed E-state index contributed by atoms with van der Waals surface area (Å²) in [5, 5.41) is 5.46. The SMILES string of the molecule is CC(C)(C)C1=Cc2ccccc2[CH]1[Ti+2]([CH3])([CH3])(=[SiH2])[CH]1C(C(C)(C)C)=Cc2ccccc21.[Cl-].[Cl-]. The van der Waals surface area contributed by atoms with E-state index in [-0.39, 0.29) is 35.6 Å². The van der Waals surface area contributed by atoms with E-state index in [9.17, 15) is 0 Å². The normalized spacial score (nSPS) is 19.6.